The van der Waals surface area contributed by atoms with E-state index in [2.05, 4.69) is 31.1 Å². The molecule has 1 unspecified atom stereocenters. The van der Waals surface area contributed by atoms with Crippen molar-refractivity contribution in [3.63, 3.8) is 0 Å². The van der Waals surface area contributed by atoms with E-state index < -0.39 is 0 Å². The summed E-state index contributed by atoms with van der Waals surface area (Å²) in [7, 11) is 0. The van der Waals surface area contributed by atoms with E-state index in [4.69, 9.17) is 0 Å². The quantitative estimate of drug-likeness (QED) is 0.824. The normalized spacial score (nSPS) is 17.7. The molecule has 90 valence electrons. The molecule has 0 saturated heterocycles. The lowest BCUT2D eigenvalue weighted by atomic mass is 10.1. The average Bonchev–Trinajstić information content (AvgIpc) is 3.03. The molecule has 1 heterocycles. The number of nitrogens with one attached hydrogen (secondary N) is 1. The van der Waals surface area contributed by atoms with Crippen LogP contribution in [0.1, 0.15) is 41.8 Å². The van der Waals surface area contributed by atoms with E-state index in [0.29, 0.717) is 6.04 Å². The zero-order chi connectivity index (χ0) is 11.5. The summed E-state index contributed by atoms with van der Waals surface area (Å²) in [5, 5.41) is 4.99. The lowest BCUT2D eigenvalue weighted by Gasteiger charge is -2.16. The second-order valence-electron chi connectivity index (χ2n) is 4.85. The Hall–Kier alpha value is -0.410. The molecule has 1 atom stereocenters. The van der Waals surface area contributed by atoms with Crippen molar-refractivity contribution < 1.29 is 0 Å². The van der Waals surface area contributed by atoms with E-state index in [1.165, 1.54) is 34.8 Å². The van der Waals surface area contributed by atoms with Gasteiger partial charge in [-0.1, -0.05) is 6.92 Å². The van der Waals surface area contributed by atoms with Crippen molar-refractivity contribution in [2.75, 3.05) is 6.54 Å². The first-order valence-corrected chi connectivity index (χ1v) is 7.18. The third kappa shape index (κ3) is 3.05. The predicted molar refractivity (Wildman–Crippen MR) is 70.1 cm³/mol. The smallest absolute Gasteiger partial charge is 0.0946 e. The van der Waals surface area contributed by atoms with E-state index in [9.17, 15) is 0 Å². The maximum absolute atomic E-state index is 4.65. The zero-order valence-corrected chi connectivity index (χ0v) is 11.4. The number of aromatic nitrogens is 1. The molecule has 0 aromatic carbocycles. The molecule has 2 rings (SSSR count). The average molecular weight is 238 g/mol. The van der Waals surface area contributed by atoms with Crippen LogP contribution in [0.15, 0.2) is 0 Å². The van der Waals surface area contributed by atoms with Crippen molar-refractivity contribution >= 4 is 11.3 Å². The molecule has 1 saturated carbocycles. The molecule has 1 fully saturated rings. The standard InChI is InChI=1S/C13H22N2S/c1-4-7-14-12(11-5-6-11)8-13-15-9(2)10(3)16-13/h11-12,14H,4-8H2,1-3H3. The number of nitrogens with zero attached hydrogens (tertiary/aromatic N) is 1. The van der Waals surface area contributed by atoms with Crippen LogP contribution in [0.4, 0.5) is 0 Å². The van der Waals surface area contributed by atoms with Crippen LogP contribution in [-0.4, -0.2) is 17.6 Å². The minimum absolute atomic E-state index is 0.671. The third-order valence-corrected chi connectivity index (χ3v) is 4.41. The van der Waals surface area contributed by atoms with Gasteiger partial charge in [-0.2, -0.15) is 0 Å². The minimum Gasteiger partial charge on any atom is -0.313 e. The fourth-order valence-corrected chi connectivity index (χ4v) is 3.04. The molecule has 0 amide bonds. The summed E-state index contributed by atoms with van der Waals surface area (Å²) in [5.74, 6) is 0.913. The van der Waals surface area contributed by atoms with Gasteiger partial charge in [0.1, 0.15) is 0 Å². The monoisotopic (exact) mass is 238 g/mol. The summed E-state index contributed by atoms with van der Waals surface area (Å²) in [5.41, 5.74) is 1.21. The summed E-state index contributed by atoms with van der Waals surface area (Å²) in [6, 6.07) is 0.671. The molecule has 0 bridgehead atoms. The summed E-state index contributed by atoms with van der Waals surface area (Å²) in [6.07, 6.45) is 5.17. The lowest BCUT2D eigenvalue weighted by molar-refractivity contribution is 0.459. The Kier molecular flexibility index (Phi) is 3.98. The van der Waals surface area contributed by atoms with Crippen LogP contribution >= 0.6 is 11.3 Å². The molecule has 1 aromatic rings. The molecule has 0 aliphatic heterocycles. The van der Waals surface area contributed by atoms with E-state index in [1.807, 2.05) is 11.3 Å². The van der Waals surface area contributed by atoms with E-state index in [-0.39, 0.29) is 0 Å². The molecule has 0 spiro atoms. The number of rotatable bonds is 6. The Bertz CT molecular complexity index is 322. The lowest BCUT2D eigenvalue weighted by Crippen LogP contribution is -2.33. The van der Waals surface area contributed by atoms with Crippen molar-refractivity contribution in [1.29, 1.82) is 0 Å². The van der Waals surface area contributed by atoms with Crippen LogP contribution in [0, 0.1) is 19.8 Å². The van der Waals surface area contributed by atoms with Crippen molar-refractivity contribution in [2.45, 2.75) is 52.5 Å². The van der Waals surface area contributed by atoms with E-state index in [0.717, 1.165) is 18.9 Å². The van der Waals surface area contributed by atoms with E-state index >= 15 is 0 Å². The second kappa shape index (κ2) is 5.28. The summed E-state index contributed by atoms with van der Waals surface area (Å²) in [6.45, 7) is 7.65. The molecule has 3 heteroatoms. The Balaban J connectivity index is 1.94. The van der Waals surface area contributed by atoms with Gasteiger partial charge in [-0.3, -0.25) is 0 Å². The van der Waals surface area contributed by atoms with Crippen molar-refractivity contribution in [3.8, 4) is 0 Å². The van der Waals surface area contributed by atoms with Gasteiger partial charge in [0.25, 0.3) is 0 Å². The van der Waals surface area contributed by atoms with Gasteiger partial charge in [-0.25, -0.2) is 4.98 Å². The molecular weight excluding hydrogens is 216 g/mol. The Morgan fingerprint density at radius 1 is 1.44 bits per heavy atom. The molecule has 1 aliphatic rings. The first kappa shape index (κ1) is 12.1. The first-order chi connectivity index (χ1) is 7.70. The molecule has 0 radical (unpaired) electrons. The maximum atomic E-state index is 4.65. The van der Waals surface area contributed by atoms with Gasteiger partial charge in [0.15, 0.2) is 0 Å². The van der Waals surface area contributed by atoms with Crippen LogP contribution in [0.5, 0.6) is 0 Å². The number of aryl methyl sites for hydroxylation is 2. The van der Waals surface area contributed by atoms with Gasteiger partial charge in [-0.15, -0.1) is 11.3 Å². The van der Waals surface area contributed by atoms with Crippen LogP contribution < -0.4 is 5.32 Å². The number of thiazole rings is 1. The fraction of sp³-hybridized carbons (Fsp3) is 0.769. The maximum Gasteiger partial charge on any atom is 0.0946 e. The van der Waals surface area contributed by atoms with Gasteiger partial charge in [0.05, 0.1) is 10.7 Å². The van der Waals surface area contributed by atoms with Crippen molar-refractivity contribution in [1.82, 2.24) is 10.3 Å². The van der Waals surface area contributed by atoms with Gasteiger partial charge in [0.2, 0.25) is 0 Å². The Labute approximate surface area is 102 Å². The van der Waals surface area contributed by atoms with Crippen LogP contribution in [-0.2, 0) is 6.42 Å². The first-order valence-electron chi connectivity index (χ1n) is 6.37. The highest BCUT2D eigenvalue weighted by Crippen LogP contribution is 2.34. The van der Waals surface area contributed by atoms with Gasteiger partial charge in [0, 0.05) is 17.3 Å². The number of hydrogen-bond donors (Lipinski definition) is 1. The van der Waals surface area contributed by atoms with Crippen LogP contribution in [0.2, 0.25) is 0 Å². The van der Waals surface area contributed by atoms with Gasteiger partial charge < -0.3 is 5.32 Å². The van der Waals surface area contributed by atoms with Gasteiger partial charge >= 0.3 is 0 Å². The number of hydrogen-bond acceptors (Lipinski definition) is 3. The van der Waals surface area contributed by atoms with Crippen LogP contribution in [0.25, 0.3) is 0 Å². The predicted octanol–water partition coefficient (Wildman–Crippen LogP) is 3.08. The molecule has 1 aliphatic carbocycles. The highest BCUT2D eigenvalue weighted by molar-refractivity contribution is 7.11. The molecule has 1 aromatic heterocycles. The summed E-state index contributed by atoms with van der Waals surface area (Å²) >= 11 is 1.87. The largest absolute Gasteiger partial charge is 0.313 e. The molecular formula is C13H22N2S. The molecule has 1 N–H and O–H groups in total. The highest BCUT2D eigenvalue weighted by Gasteiger charge is 2.31. The minimum atomic E-state index is 0.671. The Morgan fingerprint density at radius 2 is 2.19 bits per heavy atom. The van der Waals surface area contributed by atoms with Crippen molar-refractivity contribution in [3.05, 3.63) is 15.6 Å². The topological polar surface area (TPSA) is 24.9 Å². The second-order valence-corrected chi connectivity index (χ2v) is 6.14. The van der Waals surface area contributed by atoms with Crippen molar-refractivity contribution in [2.24, 2.45) is 5.92 Å². The van der Waals surface area contributed by atoms with Gasteiger partial charge in [-0.05, 0) is 45.6 Å². The van der Waals surface area contributed by atoms with Crippen LogP contribution in [0.3, 0.4) is 0 Å². The van der Waals surface area contributed by atoms with E-state index in [1.54, 1.807) is 0 Å². The third-order valence-electron chi connectivity index (χ3n) is 3.31. The zero-order valence-electron chi connectivity index (χ0n) is 10.5. The Morgan fingerprint density at radius 3 is 2.69 bits per heavy atom. The summed E-state index contributed by atoms with van der Waals surface area (Å²) in [4.78, 5) is 6.02. The fourth-order valence-electron chi connectivity index (χ4n) is 2.05. The SMILES string of the molecule is CCCNC(Cc1nc(C)c(C)s1)C1CC1. The highest BCUT2D eigenvalue weighted by atomic mass is 32.1. The molecule has 2 nitrogen and oxygen atoms in total. The summed E-state index contributed by atoms with van der Waals surface area (Å²) < 4.78 is 0. The molecule has 16 heavy (non-hydrogen) atoms.